The van der Waals surface area contributed by atoms with E-state index in [4.69, 9.17) is 19.7 Å². The van der Waals surface area contributed by atoms with Gasteiger partial charge in [-0.15, -0.1) is 11.3 Å². The summed E-state index contributed by atoms with van der Waals surface area (Å²) in [6.45, 7) is 3.64. The fourth-order valence-electron chi connectivity index (χ4n) is 4.41. The summed E-state index contributed by atoms with van der Waals surface area (Å²) in [6, 6.07) is 18.7. The zero-order valence-corrected chi connectivity index (χ0v) is 22.7. The number of nitrogens with zero attached hydrogens (tertiary/aromatic N) is 4. The Balaban J connectivity index is 1.36. The number of thiazole rings is 1. The molecule has 1 unspecified atom stereocenters. The van der Waals surface area contributed by atoms with Gasteiger partial charge in [-0.05, 0) is 35.7 Å². The Morgan fingerprint density at radius 3 is 2.57 bits per heavy atom. The predicted octanol–water partition coefficient (Wildman–Crippen LogP) is 3.90. The van der Waals surface area contributed by atoms with Crippen LogP contribution in [0, 0.1) is 0 Å². The lowest BCUT2D eigenvalue weighted by Crippen LogP contribution is -2.47. The SMILES string of the molecule is CCc1ccc2nc(Cc3cc(Cc4ccccc4)nc(NCC4CN(S(C)(=O)=O)CCO4)n3)sc2c1. The maximum atomic E-state index is 12.0. The Bertz CT molecular complexity index is 1470. The number of hydrogen-bond donors (Lipinski definition) is 1. The van der Waals surface area contributed by atoms with E-state index < -0.39 is 10.0 Å². The molecule has 4 aromatic rings. The van der Waals surface area contributed by atoms with E-state index in [1.54, 1.807) is 11.3 Å². The molecule has 0 spiro atoms. The molecule has 0 amide bonds. The van der Waals surface area contributed by atoms with Gasteiger partial charge in [0.15, 0.2) is 0 Å². The number of fused-ring (bicyclic) bond motifs is 1. The Morgan fingerprint density at radius 2 is 1.81 bits per heavy atom. The van der Waals surface area contributed by atoms with Crippen molar-refractivity contribution in [2.75, 3.05) is 37.8 Å². The van der Waals surface area contributed by atoms with Gasteiger partial charge < -0.3 is 10.1 Å². The first kappa shape index (κ1) is 25.7. The standard InChI is InChI=1S/C27H31N5O3S2/c1-3-19-9-10-24-25(14-19)36-26(31-24)16-22-15-21(13-20-7-5-4-6-8-20)29-27(30-22)28-17-23-18-32(11-12-35-23)37(2,33)34/h4-10,14-15,23H,3,11-13,16-18H2,1-2H3,(H,28,29,30). The maximum absolute atomic E-state index is 12.0. The van der Waals surface area contributed by atoms with Crippen LogP contribution in [0.3, 0.4) is 0 Å². The first-order chi connectivity index (χ1) is 17.9. The molecule has 1 aliphatic heterocycles. The molecular weight excluding hydrogens is 506 g/mol. The molecule has 37 heavy (non-hydrogen) atoms. The average molecular weight is 538 g/mol. The van der Waals surface area contributed by atoms with Crippen LogP contribution in [0.2, 0.25) is 0 Å². The number of hydrogen-bond acceptors (Lipinski definition) is 8. The number of ether oxygens (including phenoxy) is 1. The lowest BCUT2D eigenvalue weighted by Gasteiger charge is -2.31. The summed E-state index contributed by atoms with van der Waals surface area (Å²) in [5.41, 5.74) is 5.29. The van der Waals surface area contributed by atoms with Gasteiger partial charge >= 0.3 is 0 Å². The molecule has 0 bridgehead atoms. The summed E-state index contributed by atoms with van der Waals surface area (Å²) < 4.78 is 32.4. The summed E-state index contributed by atoms with van der Waals surface area (Å²) in [5, 5.41) is 4.31. The van der Waals surface area contributed by atoms with Crippen molar-refractivity contribution < 1.29 is 13.2 Å². The second-order valence-electron chi connectivity index (χ2n) is 9.27. The highest BCUT2D eigenvalue weighted by Crippen LogP contribution is 2.25. The van der Waals surface area contributed by atoms with Gasteiger partial charge in [-0.25, -0.2) is 23.4 Å². The molecule has 0 saturated carbocycles. The fourth-order valence-corrected chi connectivity index (χ4v) is 6.30. The van der Waals surface area contributed by atoms with Gasteiger partial charge in [0.2, 0.25) is 16.0 Å². The van der Waals surface area contributed by atoms with Gasteiger partial charge in [0, 0.05) is 32.5 Å². The van der Waals surface area contributed by atoms with E-state index in [-0.39, 0.29) is 6.10 Å². The van der Waals surface area contributed by atoms with Crippen LogP contribution < -0.4 is 5.32 Å². The molecule has 2 aromatic heterocycles. The van der Waals surface area contributed by atoms with Crippen LogP contribution in [0.15, 0.2) is 54.6 Å². The zero-order chi connectivity index (χ0) is 25.8. The molecule has 1 N–H and O–H groups in total. The van der Waals surface area contributed by atoms with Crippen molar-refractivity contribution in [3.8, 4) is 0 Å². The minimum absolute atomic E-state index is 0.273. The zero-order valence-electron chi connectivity index (χ0n) is 21.1. The lowest BCUT2D eigenvalue weighted by molar-refractivity contribution is 0.00696. The lowest BCUT2D eigenvalue weighted by atomic mass is 10.1. The molecule has 0 radical (unpaired) electrons. The van der Waals surface area contributed by atoms with Crippen molar-refractivity contribution in [3.05, 3.63) is 82.1 Å². The van der Waals surface area contributed by atoms with Gasteiger partial charge in [0.1, 0.15) is 0 Å². The molecule has 8 nitrogen and oxygen atoms in total. The van der Waals surface area contributed by atoms with Crippen LogP contribution in [-0.4, -0.2) is 66.3 Å². The van der Waals surface area contributed by atoms with Gasteiger partial charge in [0.05, 0.1) is 45.6 Å². The number of rotatable bonds is 9. The highest BCUT2D eigenvalue weighted by Gasteiger charge is 2.26. The van der Waals surface area contributed by atoms with E-state index in [2.05, 4.69) is 42.6 Å². The van der Waals surface area contributed by atoms with Gasteiger partial charge in [0.25, 0.3) is 0 Å². The maximum Gasteiger partial charge on any atom is 0.223 e. The Kier molecular flexibility index (Phi) is 7.80. The van der Waals surface area contributed by atoms with E-state index >= 15 is 0 Å². The van der Waals surface area contributed by atoms with Gasteiger partial charge in [-0.2, -0.15) is 4.31 Å². The highest BCUT2D eigenvalue weighted by atomic mass is 32.2. The first-order valence-corrected chi connectivity index (χ1v) is 15.1. The van der Waals surface area contributed by atoms with Crippen molar-refractivity contribution in [2.45, 2.75) is 32.3 Å². The van der Waals surface area contributed by atoms with E-state index in [1.165, 1.54) is 26.4 Å². The van der Waals surface area contributed by atoms with Crippen LogP contribution in [0.25, 0.3) is 10.2 Å². The summed E-state index contributed by atoms with van der Waals surface area (Å²) in [4.78, 5) is 14.4. The molecule has 3 heterocycles. The molecular formula is C27H31N5O3S2. The third-order valence-electron chi connectivity index (χ3n) is 6.36. The van der Waals surface area contributed by atoms with Crippen molar-refractivity contribution in [3.63, 3.8) is 0 Å². The number of sulfonamides is 1. The Morgan fingerprint density at radius 1 is 1.03 bits per heavy atom. The van der Waals surface area contributed by atoms with E-state index in [1.807, 2.05) is 24.3 Å². The van der Waals surface area contributed by atoms with Crippen LogP contribution in [0.1, 0.15) is 34.4 Å². The normalized spacial score (nSPS) is 16.8. The Hall–Kier alpha value is -2.92. The average Bonchev–Trinajstić information content (AvgIpc) is 3.29. The molecule has 1 saturated heterocycles. The molecule has 1 atom stereocenters. The molecule has 2 aromatic carbocycles. The number of benzene rings is 2. The van der Waals surface area contributed by atoms with Crippen LogP contribution in [0.5, 0.6) is 0 Å². The van der Waals surface area contributed by atoms with E-state index in [0.29, 0.717) is 45.0 Å². The number of morpholine rings is 1. The monoisotopic (exact) mass is 537 g/mol. The van der Waals surface area contributed by atoms with Gasteiger partial charge in [-0.1, -0.05) is 43.3 Å². The van der Waals surface area contributed by atoms with Crippen molar-refractivity contribution in [1.82, 2.24) is 19.3 Å². The van der Waals surface area contributed by atoms with Crippen LogP contribution in [0.4, 0.5) is 5.95 Å². The molecule has 1 aliphatic rings. The molecule has 194 valence electrons. The molecule has 0 aliphatic carbocycles. The van der Waals surface area contributed by atoms with E-state index in [0.717, 1.165) is 28.3 Å². The van der Waals surface area contributed by atoms with Crippen LogP contribution in [-0.2, 0) is 34.0 Å². The van der Waals surface area contributed by atoms with E-state index in [9.17, 15) is 8.42 Å². The molecule has 1 fully saturated rings. The highest BCUT2D eigenvalue weighted by molar-refractivity contribution is 7.88. The molecule has 5 rings (SSSR count). The number of aryl methyl sites for hydroxylation is 1. The summed E-state index contributed by atoms with van der Waals surface area (Å²) in [7, 11) is -3.25. The fraction of sp³-hybridized carbons (Fsp3) is 0.370. The van der Waals surface area contributed by atoms with Crippen molar-refractivity contribution >= 4 is 37.5 Å². The predicted molar refractivity (Wildman–Crippen MR) is 148 cm³/mol. The largest absolute Gasteiger partial charge is 0.374 e. The third-order valence-corrected chi connectivity index (χ3v) is 8.64. The second-order valence-corrected chi connectivity index (χ2v) is 12.4. The third kappa shape index (κ3) is 6.70. The summed E-state index contributed by atoms with van der Waals surface area (Å²) in [6.07, 6.45) is 3.26. The first-order valence-electron chi connectivity index (χ1n) is 12.5. The molecule has 10 heteroatoms. The number of nitrogens with one attached hydrogen (secondary N) is 1. The minimum atomic E-state index is -3.25. The van der Waals surface area contributed by atoms with Gasteiger partial charge in [-0.3, -0.25) is 0 Å². The second kappa shape index (κ2) is 11.2. The number of anilines is 1. The van der Waals surface area contributed by atoms with Crippen molar-refractivity contribution in [1.29, 1.82) is 0 Å². The van der Waals surface area contributed by atoms with Crippen molar-refractivity contribution in [2.24, 2.45) is 0 Å². The topological polar surface area (TPSA) is 97.3 Å². The minimum Gasteiger partial charge on any atom is -0.374 e. The quantitative estimate of drug-likeness (QED) is 0.346. The Labute approximate surface area is 221 Å². The number of aromatic nitrogens is 3. The van der Waals surface area contributed by atoms with Crippen LogP contribution >= 0.6 is 11.3 Å². The summed E-state index contributed by atoms with van der Waals surface area (Å²) in [5.74, 6) is 0.512. The summed E-state index contributed by atoms with van der Waals surface area (Å²) >= 11 is 1.70. The smallest absolute Gasteiger partial charge is 0.223 e.